The highest BCUT2D eigenvalue weighted by molar-refractivity contribution is 5.79. The summed E-state index contributed by atoms with van der Waals surface area (Å²) in [6, 6.07) is 0. The minimum Gasteiger partial charge on any atom is -0.377 e. The molecule has 0 radical (unpaired) electrons. The standard InChI is InChI=1S/C15H28N2O2/c1-15(19-2)8-3-9-17(11-15)14(18)13-6-4-12(10-16)5-7-13/h12-13H,3-11,16H2,1-2H3. The molecule has 2 rings (SSSR count). The number of rotatable bonds is 3. The van der Waals surface area contributed by atoms with Gasteiger partial charge in [-0.3, -0.25) is 4.79 Å². The summed E-state index contributed by atoms with van der Waals surface area (Å²) in [5.74, 6) is 1.20. The van der Waals surface area contributed by atoms with Crippen LogP contribution in [0.5, 0.6) is 0 Å². The molecular weight excluding hydrogens is 240 g/mol. The first-order valence-electron chi connectivity index (χ1n) is 7.62. The molecule has 2 aliphatic rings. The normalized spacial score (nSPS) is 36.3. The Bertz CT molecular complexity index is 313. The molecule has 0 bridgehead atoms. The van der Waals surface area contributed by atoms with Gasteiger partial charge in [0.15, 0.2) is 0 Å². The highest BCUT2D eigenvalue weighted by Crippen LogP contribution is 2.31. The fourth-order valence-corrected chi connectivity index (χ4v) is 3.46. The van der Waals surface area contributed by atoms with E-state index in [4.69, 9.17) is 10.5 Å². The van der Waals surface area contributed by atoms with Gasteiger partial charge in [0.1, 0.15) is 0 Å². The number of carbonyl (C=O) groups is 1. The van der Waals surface area contributed by atoms with E-state index in [-0.39, 0.29) is 11.5 Å². The second-order valence-corrected chi connectivity index (χ2v) is 6.47. The van der Waals surface area contributed by atoms with Gasteiger partial charge in [-0.2, -0.15) is 0 Å². The molecule has 0 aromatic rings. The monoisotopic (exact) mass is 268 g/mol. The quantitative estimate of drug-likeness (QED) is 0.849. The van der Waals surface area contributed by atoms with Crippen LogP contribution < -0.4 is 5.73 Å². The Balaban J connectivity index is 1.89. The first-order valence-corrected chi connectivity index (χ1v) is 7.62. The zero-order valence-corrected chi connectivity index (χ0v) is 12.4. The number of amides is 1. The zero-order chi connectivity index (χ0) is 13.9. The maximum atomic E-state index is 12.6. The lowest BCUT2D eigenvalue weighted by atomic mass is 9.81. The molecule has 1 aliphatic heterocycles. The maximum absolute atomic E-state index is 12.6. The number of likely N-dealkylation sites (tertiary alicyclic amines) is 1. The van der Waals surface area contributed by atoms with Crippen LogP contribution in [-0.2, 0) is 9.53 Å². The van der Waals surface area contributed by atoms with Gasteiger partial charge in [-0.05, 0) is 57.9 Å². The molecule has 4 nitrogen and oxygen atoms in total. The summed E-state index contributed by atoms with van der Waals surface area (Å²) in [7, 11) is 1.75. The van der Waals surface area contributed by atoms with E-state index in [1.807, 2.05) is 4.90 Å². The molecule has 1 atom stereocenters. The Morgan fingerprint density at radius 3 is 2.63 bits per heavy atom. The Morgan fingerprint density at radius 1 is 1.37 bits per heavy atom. The molecule has 2 N–H and O–H groups in total. The van der Waals surface area contributed by atoms with Gasteiger partial charge >= 0.3 is 0 Å². The SMILES string of the molecule is COC1(C)CCCN(C(=O)C2CCC(CN)CC2)C1. The minimum absolute atomic E-state index is 0.150. The summed E-state index contributed by atoms with van der Waals surface area (Å²) in [5.41, 5.74) is 5.56. The van der Waals surface area contributed by atoms with E-state index < -0.39 is 0 Å². The topological polar surface area (TPSA) is 55.6 Å². The molecular formula is C15H28N2O2. The number of piperidine rings is 1. The lowest BCUT2D eigenvalue weighted by Crippen LogP contribution is -2.51. The molecule has 1 amide bonds. The van der Waals surface area contributed by atoms with E-state index in [1.165, 1.54) is 0 Å². The van der Waals surface area contributed by atoms with Crippen LogP contribution in [0.1, 0.15) is 45.4 Å². The molecule has 0 spiro atoms. The van der Waals surface area contributed by atoms with Crippen molar-refractivity contribution in [3.05, 3.63) is 0 Å². The molecule has 1 saturated heterocycles. The van der Waals surface area contributed by atoms with E-state index in [2.05, 4.69) is 6.92 Å². The van der Waals surface area contributed by atoms with Gasteiger partial charge in [0.25, 0.3) is 0 Å². The average molecular weight is 268 g/mol. The number of carbonyl (C=O) groups excluding carboxylic acids is 1. The summed E-state index contributed by atoms with van der Waals surface area (Å²) in [6.45, 7) is 4.53. The third kappa shape index (κ3) is 3.48. The second kappa shape index (κ2) is 6.23. The van der Waals surface area contributed by atoms with Crippen molar-refractivity contribution in [3.63, 3.8) is 0 Å². The number of ether oxygens (including phenoxy) is 1. The highest BCUT2D eigenvalue weighted by Gasteiger charge is 2.36. The molecule has 1 saturated carbocycles. The van der Waals surface area contributed by atoms with E-state index in [1.54, 1.807) is 7.11 Å². The highest BCUT2D eigenvalue weighted by atomic mass is 16.5. The molecule has 1 heterocycles. The van der Waals surface area contributed by atoms with Crippen LogP contribution in [0.15, 0.2) is 0 Å². The number of hydrogen-bond acceptors (Lipinski definition) is 3. The molecule has 1 unspecified atom stereocenters. The van der Waals surface area contributed by atoms with Gasteiger partial charge in [0, 0.05) is 26.1 Å². The van der Waals surface area contributed by atoms with Crippen LogP contribution in [0, 0.1) is 11.8 Å². The molecule has 2 fully saturated rings. The first kappa shape index (κ1) is 14.8. The third-order valence-electron chi connectivity index (χ3n) is 4.99. The van der Waals surface area contributed by atoms with Gasteiger partial charge < -0.3 is 15.4 Å². The number of nitrogens with two attached hydrogens (primary N) is 1. The fraction of sp³-hybridized carbons (Fsp3) is 0.933. The molecule has 1 aliphatic carbocycles. The number of hydrogen-bond donors (Lipinski definition) is 1. The van der Waals surface area contributed by atoms with Crippen molar-refractivity contribution in [3.8, 4) is 0 Å². The van der Waals surface area contributed by atoms with Gasteiger partial charge in [-0.15, -0.1) is 0 Å². The maximum Gasteiger partial charge on any atom is 0.225 e. The van der Waals surface area contributed by atoms with E-state index in [0.29, 0.717) is 11.8 Å². The summed E-state index contributed by atoms with van der Waals surface area (Å²) in [4.78, 5) is 14.6. The van der Waals surface area contributed by atoms with Crippen LogP contribution in [0.4, 0.5) is 0 Å². The average Bonchev–Trinajstić information content (AvgIpc) is 2.46. The van der Waals surface area contributed by atoms with Crippen LogP contribution >= 0.6 is 0 Å². The van der Waals surface area contributed by atoms with Gasteiger partial charge in [-0.1, -0.05) is 0 Å². The predicted octanol–water partition coefficient (Wildman–Crippen LogP) is 1.78. The summed E-state index contributed by atoms with van der Waals surface area (Å²) in [6.07, 6.45) is 6.35. The van der Waals surface area contributed by atoms with Crippen LogP contribution in [-0.4, -0.2) is 43.2 Å². The van der Waals surface area contributed by atoms with Crippen LogP contribution in [0.25, 0.3) is 0 Å². The first-order chi connectivity index (χ1) is 9.08. The lowest BCUT2D eigenvalue weighted by Gasteiger charge is -2.41. The summed E-state index contributed by atoms with van der Waals surface area (Å²) < 4.78 is 5.57. The minimum atomic E-state index is -0.150. The van der Waals surface area contributed by atoms with Gasteiger partial charge in [0.2, 0.25) is 5.91 Å². The van der Waals surface area contributed by atoms with Gasteiger partial charge in [0.05, 0.1) is 5.60 Å². The number of methoxy groups -OCH3 is 1. The Kier molecular flexibility index (Phi) is 4.85. The van der Waals surface area contributed by atoms with Crippen molar-refractivity contribution >= 4 is 5.91 Å². The van der Waals surface area contributed by atoms with E-state index in [0.717, 1.165) is 58.2 Å². The fourth-order valence-electron chi connectivity index (χ4n) is 3.46. The van der Waals surface area contributed by atoms with Crippen LogP contribution in [0.3, 0.4) is 0 Å². The predicted molar refractivity (Wildman–Crippen MR) is 75.7 cm³/mol. The van der Waals surface area contributed by atoms with Crippen molar-refractivity contribution < 1.29 is 9.53 Å². The van der Waals surface area contributed by atoms with Crippen molar-refractivity contribution in [2.45, 2.75) is 51.0 Å². The summed E-state index contributed by atoms with van der Waals surface area (Å²) in [5, 5.41) is 0. The third-order valence-corrected chi connectivity index (χ3v) is 4.99. The molecule has 0 aromatic carbocycles. The lowest BCUT2D eigenvalue weighted by molar-refractivity contribution is -0.144. The molecule has 4 heteroatoms. The number of nitrogens with zero attached hydrogens (tertiary/aromatic N) is 1. The Hall–Kier alpha value is -0.610. The molecule has 110 valence electrons. The largest absolute Gasteiger partial charge is 0.377 e. The van der Waals surface area contributed by atoms with E-state index >= 15 is 0 Å². The second-order valence-electron chi connectivity index (χ2n) is 6.47. The van der Waals surface area contributed by atoms with Crippen molar-refractivity contribution in [1.82, 2.24) is 4.90 Å². The molecule has 0 aromatic heterocycles. The van der Waals surface area contributed by atoms with Gasteiger partial charge in [-0.25, -0.2) is 0 Å². The molecule has 19 heavy (non-hydrogen) atoms. The van der Waals surface area contributed by atoms with E-state index in [9.17, 15) is 4.79 Å². The van der Waals surface area contributed by atoms with Crippen molar-refractivity contribution in [2.24, 2.45) is 17.6 Å². The summed E-state index contributed by atoms with van der Waals surface area (Å²) >= 11 is 0. The Morgan fingerprint density at radius 2 is 2.05 bits per heavy atom. The smallest absolute Gasteiger partial charge is 0.225 e. The van der Waals surface area contributed by atoms with Crippen LogP contribution in [0.2, 0.25) is 0 Å². The Labute approximate surface area is 116 Å². The van der Waals surface area contributed by atoms with Crippen molar-refractivity contribution in [2.75, 3.05) is 26.7 Å². The zero-order valence-electron chi connectivity index (χ0n) is 12.4. The van der Waals surface area contributed by atoms with Crippen molar-refractivity contribution in [1.29, 1.82) is 0 Å².